The van der Waals surface area contributed by atoms with Crippen molar-refractivity contribution >= 4 is 29.1 Å². The molecule has 0 radical (unpaired) electrons. The summed E-state index contributed by atoms with van der Waals surface area (Å²) in [7, 11) is 1.87. The molecule has 2 N–H and O–H groups in total. The summed E-state index contributed by atoms with van der Waals surface area (Å²) in [5, 5.41) is 0.676. The van der Waals surface area contributed by atoms with E-state index in [-0.39, 0.29) is 19.0 Å². The van der Waals surface area contributed by atoms with Gasteiger partial charge in [0, 0.05) is 11.6 Å². The van der Waals surface area contributed by atoms with E-state index in [1.807, 2.05) is 42.3 Å². The van der Waals surface area contributed by atoms with Gasteiger partial charge in [-0.2, -0.15) is 0 Å². The van der Waals surface area contributed by atoms with Crippen LogP contribution in [-0.4, -0.2) is 43.0 Å². The average molecular weight is 374 g/mol. The topological polar surface area (TPSA) is 75.9 Å². The molecule has 0 bridgehead atoms. The third kappa shape index (κ3) is 4.15. The van der Waals surface area contributed by atoms with Crippen LogP contribution in [0.2, 0.25) is 5.02 Å². The monoisotopic (exact) mass is 373 g/mol. The molecule has 2 aromatic carbocycles. The first-order chi connectivity index (χ1) is 12.4. The van der Waals surface area contributed by atoms with Crippen LogP contribution in [0, 0.1) is 0 Å². The van der Waals surface area contributed by atoms with Crippen LogP contribution in [0.15, 0.2) is 48.5 Å². The maximum Gasteiger partial charge on any atom is 0.260 e. The van der Waals surface area contributed by atoms with Crippen molar-refractivity contribution in [1.82, 2.24) is 4.90 Å². The van der Waals surface area contributed by atoms with Crippen LogP contribution in [-0.2, 0) is 16.1 Å². The molecule has 6 nitrogen and oxygen atoms in total. The van der Waals surface area contributed by atoms with Crippen LogP contribution < -0.4 is 15.4 Å². The number of para-hydroxylation sites is 2. The molecule has 1 heterocycles. The molecule has 0 saturated carbocycles. The minimum atomic E-state index is -0.851. The van der Waals surface area contributed by atoms with Gasteiger partial charge in [0.2, 0.25) is 5.91 Å². The number of primary amides is 1. The van der Waals surface area contributed by atoms with Gasteiger partial charge < -0.3 is 15.4 Å². The predicted octanol–water partition coefficient (Wildman–Crippen LogP) is 2.05. The lowest BCUT2D eigenvalue weighted by molar-refractivity contribution is -0.125. The SMILES string of the molecule is CN(CC(=O)N1CC(C(N)=O)Oc2ccccc21)Cc1ccc(Cl)cc1. The van der Waals surface area contributed by atoms with E-state index < -0.39 is 12.0 Å². The molecule has 1 aliphatic heterocycles. The molecule has 3 rings (SSSR count). The highest BCUT2D eigenvalue weighted by Gasteiger charge is 2.32. The summed E-state index contributed by atoms with van der Waals surface area (Å²) < 4.78 is 5.59. The fourth-order valence-electron chi connectivity index (χ4n) is 2.89. The smallest absolute Gasteiger partial charge is 0.260 e. The molecule has 1 aliphatic rings. The fourth-order valence-corrected chi connectivity index (χ4v) is 3.02. The molecule has 1 atom stereocenters. The van der Waals surface area contributed by atoms with Gasteiger partial charge in [-0.1, -0.05) is 35.9 Å². The molecule has 136 valence electrons. The predicted molar refractivity (Wildman–Crippen MR) is 100 cm³/mol. The molecule has 2 amide bonds. The van der Waals surface area contributed by atoms with Crippen molar-refractivity contribution in [2.45, 2.75) is 12.6 Å². The number of nitrogens with two attached hydrogens (primary N) is 1. The number of hydrogen-bond donors (Lipinski definition) is 1. The summed E-state index contributed by atoms with van der Waals surface area (Å²) in [5.74, 6) is -0.230. The Morgan fingerprint density at radius 2 is 1.92 bits per heavy atom. The Labute approximate surface area is 157 Å². The van der Waals surface area contributed by atoms with Crippen molar-refractivity contribution in [3.63, 3.8) is 0 Å². The molecule has 0 aromatic heterocycles. The van der Waals surface area contributed by atoms with E-state index in [9.17, 15) is 9.59 Å². The summed E-state index contributed by atoms with van der Waals surface area (Å²) >= 11 is 5.90. The van der Waals surface area contributed by atoms with Gasteiger partial charge in [-0.25, -0.2) is 0 Å². The maximum absolute atomic E-state index is 12.8. The van der Waals surface area contributed by atoms with Gasteiger partial charge in [-0.05, 0) is 36.9 Å². The van der Waals surface area contributed by atoms with Crippen molar-refractivity contribution in [2.75, 3.05) is 25.0 Å². The minimum Gasteiger partial charge on any atom is -0.477 e. The standard InChI is InChI=1S/C19H20ClN3O3/c1-22(10-13-6-8-14(20)9-7-13)12-18(24)23-11-17(19(21)25)26-16-5-3-2-4-15(16)23/h2-9,17H,10-12H2,1H3,(H2,21,25). The van der Waals surface area contributed by atoms with Crippen LogP contribution in [0.1, 0.15) is 5.56 Å². The van der Waals surface area contributed by atoms with Crippen LogP contribution in [0.3, 0.4) is 0 Å². The van der Waals surface area contributed by atoms with E-state index in [1.54, 1.807) is 23.1 Å². The largest absolute Gasteiger partial charge is 0.477 e. The summed E-state index contributed by atoms with van der Waals surface area (Å²) in [6.45, 7) is 0.913. The van der Waals surface area contributed by atoms with Gasteiger partial charge in [0.05, 0.1) is 18.8 Å². The van der Waals surface area contributed by atoms with Crippen LogP contribution in [0.5, 0.6) is 5.75 Å². The van der Waals surface area contributed by atoms with E-state index in [4.69, 9.17) is 22.1 Å². The average Bonchev–Trinajstić information content (AvgIpc) is 2.62. The highest BCUT2D eigenvalue weighted by atomic mass is 35.5. The van der Waals surface area contributed by atoms with E-state index in [0.29, 0.717) is 23.0 Å². The Kier molecular flexibility index (Phi) is 5.44. The molecule has 0 saturated heterocycles. The normalized spacial score (nSPS) is 16.1. The number of carbonyl (C=O) groups is 2. The zero-order chi connectivity index (χ0) is 18.7. The first-order valence-electron chi connectivity index (χ1n) is 8.22. The maximum atomic E-state index is 12.8. The van der Waals surface area contributed by atoms with Gasteiger partial charge in [-0.3, -0.25) is 14.5 Å². The molecule has 1 unspecified atom stereocenters. The number of rotatable bonds is 5. The lowest BCUT2D eigenvalue weighted by atomic mass is 10.1. The number of anilines is 1. The summed E-state index contributed by atoms with van der Waals surface area (Å²) in [4.78, 5) is 27.9. The second kappa shape index (κ2) is 7.76. The Morgan fingerprint density at radius 1 is 1.23 bits per heavy atom. The zero-order valence-electron chi connectivity index (χ0n) is 14.4. The summed E-state index contributed by atoms with van der Waals surface area (Å²) in [6, 6.07) is 14.6. The van der Waals surface area contributed by atoms with E-state index in [1.165, 1.54) is 0 Å². The van der Waals surface area contributed by atoms with E-state index in [0.717, 1.165) is 5.56 Å². The van der Waals surface area contributed by atoms with Crippen molar-refractivity contribution in [3.8, 4) is 5.75 Å². The number of nitrogens with zero attached hydrogens (tertiary/aromatic N) is 2. The van der Waals surface area contributed by atoms with E-state index >= 15 is 0 Å². The first kappa shape index (κ1) is 18.2. The number of fused-ring (bicyclic) bond motifs is 1. The number of amides is 2. The number of carbonyl (C=O) groups excluding carboxylic acids is 2. The van der Waals surface area contributed by atoms with Gasteiger partial charge in [0.25, 0.3) is 5.91 Å². The first-order valence-corrected chi connectivity index (χ1v) is 8.60. The highest BCUT2D eigenvalue weighted by molar-refractivity contribution is 6.30. The van der Waals surface area contributed by atoms with Gasteiger partial charge in [-0.15, -0.1) is 0 Å². The third-order valence-electron chi connectivity index (χ3n) is 4.16. The number of benzene rings is 2. The molecular weight excluding hydrogens is 354 g/mol. The van der Waals surface area contributed by atoms with Crippen molar-refractivity contribution in [1.29, 1.82) is 0 Å². The number of halogens is 1. The van der Waals surface area contributed by atoms with Crippen LogP contribution in [0.25, 0.3) is 0 Å². The molecule has 2 aromatic rings. The quantitative estimate of drug-likeness (QED) is 0.870. The van der Waals surface area contributed by atoms with Crippen molar-refractivity contribution in [2.24, 2.45) is 5.73 Å². The second-order valence-corrected chi connectivity index (χ2v) is 6.72. The summed E-state index contributed by atoms with van der Waals surface area (Å²) in [6.07, 6.45) is -0.851. The lowest BCUT2D eigenvalue weighted by Gasteiger charge is -2.34. The number of hydrogen-bond acceptors (Lipinski definition) is 4. The Morgan fingerprint density at radius 3 is 2.62 bits per heavy atom. The Hall–Kier alpha value is -2.57. The van der Waals surface area contributed by atoms with Crippen LogP contribution >= 0.6 is 11.6 Å². The van der Waals surface area contributed by atoms with Crippen molar-refractivity contribution in [3.05, 3.63) is 59.1 Å². The Bertz CT molecular complexity index is 810. The van der Waals surface area contributed by atoms with Crippen LogP contribution in [0.4, 0.5) is 5.69 Å². The Balaban J connectivity index is 1.71. The number of likely N-dealkylation sites (N-methyl/N-ethyl adjacent to an activating group) is 1. The summed E-state index contributed by atoms with van der Waals surface area (Å²) in [5.41, 5.74) is 7.08. The van der Waals surface area contributed by atoms with E-state index in [2.05, 4.69) is 0 Å². The lowest BCUT2D eigenvalue weighted by Crippen LogP contribution is -2.51. The van der Waals surface area contributed by atoms with Gasteiger partial charge in [0.15, 0.2) is 6.10 Å². The van der Waals surface area contributed by atoms with Gasteiger partial charge >= 0.3 is 0 Å². The third-order valence-corrected chi connectivity index (χ3v) is 4.41. The molecule has 0 aliphatic carbocycles. The van der Waals surface area contributed by atoms with Gasteiger partial charge in [0.1, 0.15) is 5.75 Å². The molecule has 0 spiro atoms. The second-order valence-electron chi connectivity index (χ2n) is 6.28. The molecule has 26 heavy (non-hydrogen) atoms. The van der Waals surface area contributed by atoms with Crippen molar-refractivity contribution < 1.29 is 14.3 Å². The molecule has 7 heteroatoms. The molecule has 0 fully saturated rings. The highest BCUT2D eigenvalue weighted by Crippen LogP contribution is 2.33. The number of ether oxygens (including phenoxy) is 1. The zero-order valence-corrected chi connectivity index (χ0v) is 15.1. The molecular formula is C19H20ClN3O3. The minimum absolute atomic E-state index is 0.111. The fraction of sp³-hybridized carbons (Fsp3) is 0.263.